The Hall–Kier alpha value is -3.59. The Balaban J connectivity index is 1.55. The fraction of sp³-hybridized carbons (Fsp3) is 0.375. The highest BCUT2D eigenvalue weighted by molar-refractivity contribution is 6.33. The second-order valence-corrected chi connectivity index (χ2v) is 11.3. The topological polar surface area (TPSA) is 108 Å². The molecule has 3 aromatic carbocycles. The van der Waals surface area contributed by atoms with Gasteiger partial charge >= 0.3 is 0 Å². The summed E-state index contributed by atoms with van der Waals surface area (Å²) in [4.78, 5) is 31.0. The van der Waals surface area contributed by atoms with Crippen LogP contribution in [0, 0.1) is 0 Å². The number of likely N-dealkylation sites (tertiary alicyclic amines) is 1. The summed E-state index contributed by atoms with van der Waals surface area (Å²) in [7, 11) is 5.03. The zero-order valence-corrected chi connectivity index (χ0v) is 24.8. The summed E-state index contributed by atoms with van der Waals surface area (Å²) in [5.74, 6) is -0.0766. The van der Waals surface area contributed by atoms with Gasteiger partial charge in [-0.2, -0.15) is 0 Å². The zero-order valence-electron chi connectivity index (χ0n) is 24.0. The molecule has 1 aliphatic heterocycles. The lowest BCUT2D eigenvalue weighted by molar-refractivity contribution is -0.134. The highest BCUT2D eigenvalue weighted by Gasteiger charge is 2.45. The predicted octanol–water partition coefficient (Wildman–Crippen LogP) is 3.95. The zero-order chi connectivity index (χ0) is 29.7. The van der Waals surface area contributed by atoms with Crippen LogP contribution in [-0.4, -0.2) is 79.2 Å². The number of anilines is 1. The number of carbonyl (C=O) groups excluding carboxylic acids is 2. The third-order valence-corrected chi connectivity index (χ3v) is 8.35. The monoisotopic (exact) mass is 578 g/mol. The molecular weight excluding hydrogens is 540 g/mol. The van der Waals surface area contributed by atoms with Crippen molar-refractivity contribution in [3.05, 3.63) is 94.5 Å². The fourth-order valence-corrected chi connectivity index (χ4v) is 5.99. The number of nitrogen functional groups attached to an aromatic ring is 1. The minimum atomic E-state index is -0.910. The van der Waals surface area contributed by atoms with E-state index in [4.69, 9.17) is 22.1 Å². The Morgan fingerprint density at radius 3 is 2.22 bits per heavy atom. The van der Waals surface area contributed by atoms with E-state index in [2.05, 4.69) is 17.1 Å². The molecule has 4 rings (SSSR count). The van der Waals surface area contributed by atoms with Crippen molar-refractivity contribution < 1.29 is 19.4 Å². The van der Waals surface area contributed by atoms with Crippen LogP contribution in [0.15, 0.2) is 72.8 Å². The smallest absolute Gasteiger partial charge is 0.255 e. The first-order valence-electron chi connectivity index (χ1n) is 13.8. The van der Waals surface area contributed by atoms with Crippen molar-refractivity contribution in [2.75, 3.05) is 40.0 Å². The summed E-state index contributed by atoms with van der Waals surface area (Å²) in [5.41, 5.74) is 7.37. The van der Waals surface area contributed by atoms with Crippen LogP contribution < -0.4 is 15.8 Å². The van der Waals surface area contributed by atoms with Crippen LogP contribution in [0.5, 0.6) is 5.75 Å². The number of nitrogens with two attached hydrogens (primary N) is 1. The number of hydrogen-bond donors (Lipinski definition) is 3. The number of carbonyl (C=O) groups is 2. The lowest BCUT2D eigenvalue weighted by Crippen LogP contribution is -2.57. The number of amides is 2. The minimum Gasteiger partial charge on any atom is -0.496 e. The molecule has 9 heteroatoms. The van der Waals surface area contributed by atoms with E-state index < -0.39 is 23.5 Å². The number of likely N-dealkylation sites (N-methyl/N-ethyl adjacent to an activating group) is 1. The van der Waals surface area contributed by atoms with Crippen LogP contribution in [0.25, 0.3) is 0 Å². The van der Waals surface area contributed by atoms with Crippen LogP contribution in [0.2, 0.25) is 5.02 Å². The molecule has 0 spiro atoms. The van der Waals surface area contributed by atoms with Gasteiger partial charge in [0.1, 0.15) is 11.2 Å². The van der Waals surface area contributed by atoms with Crippen molar-refractivity contribution in [3.63, 3.8) is 0 Å². The maximum absolute atomic E-state index is 14.0. The Kier molecular flexibility index (Phi) is 9.58. The SMILES string of the molecule is COc1cc(N)c(Cl)cc1C(=O)N[C@H]1CCN(C(C)CC(C(=O)N(C)C)(c2ccccc2)c2ccccc2)C[C@@H]1O. The van der Waals surface area contributed by atoms with Gasteiger partial charge in [0.05, 0.1) is 35.5 Å². The van der Waals surface area contributed by atoms with Gasteiger partial charge in [0.15, 0.2) is 0 Å². The lowest BCUT2D eigenvalue weighted by Gasteiger charge is -2.44. The van der Waals surface area contributed by atoms with Gasteiger partial charge in [0.2, 0.25) is 5.91 Å². The van der Waals surface area contributed by atoms with E-state index >= 15 is 0 Å². The van der Waals surface area contributed by atoms with Gasteiger partial charge in [0.25, 0.3) is 5.91 Å². The normalized spacial score (nSPS) is 18.4. The summed E-state index contributed by atoms with van der Waals surface area (Å²) in [6.07, 6.45) is 0.244. The van der Waals surface area contributed by atoms with Crippen molar-refractivity contribution in [3.8, 4) is 5.75 Å². The molecule has 0 bridgehead atoms. The first-order valence-corrected chi connectivity index (χ1v) is 14.1. The van der Waals surface area contributed by atoms with Gasteiger partial charge in [-0.3, -0.25) is 14.5 Å². The first-order chi connectivity index (χ1) is 19.6. The van der Waals surface area contributed by atoms with Gasteiger partial charge in [-0.25, -0.2) is 0 Å². The van der Waals surface area contributed by atoms with Crippen LogP contribution in [0.1, 0.15) is 41.3 Å². The van der Waals surface area contributed by atoms with Crippen molar-refractivity contribution in [1.82, 2.24) is 15.1 Å². The molecule has 1 aliphatic rings. The maximum atomic E-state index is 14.0. The third kappa shape index (κ3) is 6.35. The van der Waals surface area contributed by atoms with Crippen molar-refractivity contribution in [2.24, 2.45) is 0 Å². The second-order valence-electron chi connectivity index (χ2n) is 10.9. The van der Waals surface area contributed by atoms with Gasteiger partial charge in [-0.05, 0) is 37.0 Å². The van der Waals surface area contributed by atoms with Gasteiger partial charge in [0, 0.05) is 39.3 Å². The predicted molar refractivity (Wildman–Crippen MR) is 162 cm³/mol. The number of nitrogens with zero attached hydrogens (tertiary/aromatic N) is 2. The number of benzene rings is 3. The number of aliphatic hydroxyl groups is 1. The number of rotatable bonds is 9. The average molecular weight is 579 g/mol. The molecule has 1 fully saturated rings. The number of nitrogens with one attached hydrogen (secondary N) is 1. The van der Waals surface area contributed by atoms with Crippen LogP contribution in [0.3, 0.4) is 0 Å². The number of piperidine rings is 1. The van der Waals surface area contributed by atoms with E-state index in [9.17, 15) is 14.7 Å². The molecule has 1 heterocycles. The maximum Gasteiger partial charge on any atom is 0.255 e. The van der Waals surface area contributed by atoms with Crippen molar-refractivity contribution in [1.29, 1.82) is 0 Å². The standard InChI is InChI=1S/C32H39ClN4O4/c1-21(19-32(31(40)36(2)3,22-11-7-5-8-12-22)23-13-9-6-10-14-23)37-16-15-27(28(38)20-37)35-30(39)24-17-25(33)26(34)18-29(24)41-4/h5-14,17-18,21,27-28,38H,15-16,19-20,34H2,1-4H3,(H,35,39)/t21?,27-,28-/m0/s1. The molecule has 4 N–H and O–H groups in total. The highest BCUT2D eigenvalue weighted by Crippen LogP contribution is 2.40. The summed E-state index contributed by atoms with van der Waals surface area (Å²) in [6, 6.07) is 22.3. The highest BCUT2D eigenvalue weighted by atomic mass is 35.5. The van der Waals surface area contributed by atoms with Gasteiger partial charge in [-0.15, -0.1) is 0 Å². The molecule has 1 unspecified atom stereocenters. The number of ether oxygens (including phenoxy) is 1. The number of halogens is 1. The van der Waals surface area contributed by atoms with E-state index in [1.807, 2.05) is 60.7 Å². The van der Waals surface area contributed by atoms with Crippen LogP contribution >= 0.6 is 11.6 Å². The largest absolute Gasteiger partial charge is 0.496 e. The molecule has 0 radical (unpaired) electrons. The van der Waals surface area contributed by atoms with E-state index in [-0.39, 0.29) is 22.5 Å². The van der Waals surface area contributed by atoms with Crippen LogP contribution in [-0.2, 0) is 10.2 Å². The Bertz CT molecular complexity index is 1310. The molecule has 0 aromatic heterocycles. The number of aliphatic hydroxyl groups excluding tert-OH is 1. The van der Waals surface area contributed by atoms with Crippen LogP contribution in [0.4, 0.5) is 5.69 Å². The van der Waals surface area contributed by atoms with E-state index in [1.165, 1.54) is 19.2 Å². The Morgan fingerprint density at radius 2 is 1.71 bits per heavy atom. The summed E-state index contributed by atoms with van der Waals surface area (Å²) >= 11 is 6.15. The fourth-order valence-electron chi connectivity index (χ4n) is 5.82. The molecule has 3 aromatic rings. The number of hydrogen-bond acceptors (Lipinski definition) is 6. The third-order valence-electron chi connectivity index (χ3n) is 8.02. The molecule has 3 atom stereocenters. The molecule has 2 amide bonds. The van der Waals surface area contributed by atoms with E-state index in [0.717, 1.165) is 11.1 Å². The van der Waals surface area contributed by atoms with Gasteiger partial charge in [-0.1, -0.05) is 72.3 Å². The summed E-state index contributed by atoms with van der Waals surface area (Å²) in [5, 5.41) is 14.3. The Morgan fingerprint density at radius 1 is 1.12 bits per heavy atom. The lowest BCUT2D eigenvalue weighted by atomic mass is 9.69. The van der Waals surface area contributed by atoms with E-state index in [0.29, 0.717) is 37.4 Å². The molecular formula is C32H39ClN4O4. The first kappa shape index (κ1) is 30.4. The second kappa shape index (κ2) is 12.9. The summed E-state index contributed by atoms with van der Waals surface area (Å²) < 4.78 is 5.32. The number of methoxy groups -OCH3 is 1. The number of β-amino-alcohol motifs (C(OH)–C–C–N with tert-alkyl or cyclic N) is 1. The van der Waals surface area contributed by atoms with Crippen molar-refractivity contribution in [2.45, 2.75) is 43.4 Å². The van der Waals surface area contributed by atoms with E-state index in [1.54, 1.807) is 19.0 Å². The van der Waals surface area contributed by atoms with Crippen molar-refractivity contribution >= 4 is 29.1 Å². The molecule has 218 valence electrons. The molecule has 1 saturated heterocycles. The minimum absolute atomic E-state index is 0.000513. The quantitative estimate of drug-likeness (QED) is 0.332. The molecule has 0 saturated carbocycles. The summed E-state index contributed by atoms with van der Waals surface area (Å²) in [6.45, 7) is 3.08. The average Bonchev–Trinajstić information content (AvgIpc) is 2.98. The van der Waals surface area contributed by atoms with Gasteiger partial charge < -0.3 is 25.8 Å². The Labute approximate surface area is 247 Å². The molecule has 41 heavy (non-hydrogen) atoms. The molecule has 8 nitrogen and oxygen atoms in total. The molecule has 0 aliphatic carbocycles.